The zero-order chi connectivity index (χ0) is 27.7. The SMILES string of the molecule is C=C(Nc1ccc(N)cc1)C1=C(F)C(COCCOC)CC(CN)C1.CC1(C)CCCN1.O=CCC=O.[CH3-].[HH].[HH].[V]. The van der Waals surface area contributed by atoms with Crippen molar-refractivity contribution >= 4 is 23.9 Å². The molecular formula is C29H52FN4O4V-. The van der Waals surface area contributed by atoms with Gasteiger partial charge in [0.1, 0.15) is 18.4 Å². The molecule has 0 spiro atoms. The van der Waals surface area contributed by atoms with Gasteiger partial charge < -0.3 is 48.6 Å². The van der Waals surface area contributed by atoms with E-state index in [9.17, 15) is 14.0 Å². The number of rotatable bonds is 11. The molecule has 1 fully saturated rings. The molecule has 2 aliphatic rings. The summed E-state index contributed by atoms with van der Waals surface area (Å²) in [6.07, 6.45) is 5.12. The molecule has 0 amide bonds. The molecule has 39 heavy (non-hydrogen) atoms. The molecule has 0 saturated carbocycles. The first-order valence-corrected chi connectivity index (χ1v) is 12.8. The number of nitrogen functional groups attached to an aromatic ring is 1. The van der Waals surface area contributed by atoms with E-state index in [0.29, 0.717) is 74.3 Å². The van der Waals surface area contributed by atoms with Gasteiger partial charge in [0.05, 0.1) is 26.2 Å². The molecule has 1 saturated heterocycles. The van der Waals surface area contributed by atoms with Crippen molar-refractivity contribution in [1.82, 2.24) is 5.32 Å². The van der Waals surface area contributed by atoms with Crippen LogP contribution in [0.5, 0.6) is 0 Å². The first kappa shape index (κ1) is 39.1. The number of ether oxygens (including phenoxy) is 2. The van der Waals surface area contributed by atoms with E-state index >= 15 is 0 Å². The fraction of sp³-hybridized carbons (Fsp3) is 0.552. The van der Waals surface area contributed by atoms with Crippen molar-refractivity contribution < 1.29 is 44.9 Å². The van der Waals surface area contributed by atoms with E-state index in [1.165, 1.54) is 19.4 Å². The number of hydrogen-bond donors (Lipinski definition) is 4. The molecule has 2 atom stereocenters. The van der Waals surface area contributed by atoms with Crippen molar-refractivity contribution in [1.29, 1.82) is 0 Å². The number of anilines is 2. The molecule has 1 aliphatic carbocycles. The predicted octanol–water partition coefficient (Wildman–Crippen LogP) is 4.93. The average Bonchev–Trinajstić information content (AvgIpc) is 3.29. The summed E-state index contributed by atoms with van der Waals surface area (Å²) in [6.45, 7) is 11.5. The van der Waals surface area contributed by atoms with Crippen LogP contribution in [0.4, 0.5) is 15.8 Å². The second kappa shape index (κ2) is 21.8. The van der Waals surface area contributed by atoms with E-state index < -0.39 is 0 Å². The predicted molar refractivity (Wildman–Crippen MR) is 158 cm³/mol. The van der Waals surface area contributed by atoms with Crippen LogP contribution < -0.4 is 22.1 Å². The molecule has 1 aromatic rings. The Bertz CT molecular complexity index is 863. The number of methoxy groups -OCH3 is 1. The van der Waals surface area contributed by atoms with Gasteiger partial charge in [0.25, 0.3) is 0 Å². The largest absolute Gasteiger partial charge is 0.399 e. The topological polar surface area (TPSA) is 129 Å². The zero-order valence-corrected chi connectivity index (χ0v) is 25.4. The van der Waals surface area contributed by atoms with Crippen molar-refractivity contribution in [2.24, 2.45) is 17.6 Å². The second-order valence-electron chi connectivity index (χ2n) is 9.84. The van der Waals surface area contributed by atoms with E-state index in [-0.39, 0.29) is 52.9 Å². The fourth-order valence-corrected chi connectivity index (χ4v) is 4.08. The molecular weight excluding hydrogens is 538 g/mol. The van der Waals surface area contributed by atoms with Crippen molar-refractivity contribution in [2.75, 3.05) is 51.1 Å². The molecule has 1 aliphatic heterocycles. The number of benzene rings is 1. The van der Waals surface area contributed by atoms with Crippen molar-refractivity contribution in [2.45, 2.75) is 51.5 Å². The van der Waals surface area contributed by atoms with Gasteiger partial charge in [-0.15, -0.1) is 0 Å². The quantitative estimate of drug-likeness (QED) is 0.0939. The number of hydrogen-bond acceptors (Lipinski definition) is 8. The molecule has 1 aromatic carbocycles. The third-order valence-electron chi connectivity index (χ3n) is 6.19. The Morgan fingerprint density at radius 2 is 1.90 bits per heavy atom. The Labute approximate surface area is 249 Å². The van der Waals surface area contributed by atoms with Crippen LogP contribution in [0.15, 0.2) is 47.9 Å². The van der Waals surface area contributed by atoms with Crippen LogP contribution in [0.1, 0.15) is 48.8 Å². The minimum absolute atomic E-state index is 0. The average molecular weight is 591 g/mol. The number of nitrogens with two attached hydrogens (primary N) is 2. The van der Waals surface area contributed by atoms with Crippen LogP contribution in [-0.4, -0.2) is 58.1 Å². The van der Waals surface area contributed by atoms with Gasteiger partial charge >= 0.3 is 0 Å². The van der Waals surface area contributed by atoms with Crippen LogP contribution >= 0.6 is 0 Å². The van der Waals surface area contributed by atoms with Crippen molar-refractivity contribution in [3.8, 4) is 0 Å². The van der Waals surface area contributed by atoms with Crippen LogP contribution in [0.25, 0.3) is 0 Å². The molecule has 8 nitrogen and oxygen atoms in total. The summed E-state index contributed by atoms with van der Waals surface area (Å²) in [7, 11) is 1.61. The first-order chi connectivity index (χ1) is 17.7. The monoisotopic (exact) mass is 590 g/mol. The maximum absolute atomic E-state index is 15.0. The molecule has 0 aromatic heterocycles. The van der Waals surface area contributed by atoms with E-state index in [4.69, 9.17) is 20.9 Å². The van der Waals surface area contributed by atoms with Gasteiger partial charge in [-0.05, 0) is 82.8 Å². The molecule has 1 heterocycles. The Morgan fingerprint density at radius 1 is 1.26 bits per heavy atom. The summed E-state index contributed by atoms with van der Waals surface area (Å²) in [4.78, 5) is 18.3. The summed E-state index contributed by atoms with van der Waals surface area (Å²) >= 11 is 0. The van der Waals surface area contributed by atoms with E-state index in [2.05, 4.69) is 31.1 Å². The maximum atomic E-state index is 15.0. The maximum Gasteiger partial charge on any atom is 0.127 e. The molecule has 6 N–H and O–H groups in total. The van der Waals surface area contributed by atoms with E-state index in [0.717, 1.165) is 5.69 Å². The number of nitrogens with one attached hydrogen (secondary N) is 2. The Morgan fingerprint density at radius 3 is 2.33 bits per heavy atom. The number of halogens is 1. The summed E-state index contributed by atoms with van der Waals surface area (Å²) in [5, 5.41) is 6.56. The fourth-order valence-electron chi connectivity index (χ4n) is 4.08. The third-order valence-corrected chi connectivity index (χ3v) is 6.19. The number of carbonyl (C=O) groups excluding carboxylic acids is 2. The normalized spacial score (nSPS) is 19.1. The Kier molecular flexibility index (Phi) is 21.9. The summed E-state index contributed by atoms with van der Waals surface area (Å²) in [5.41, 5.74) is 14.6. The number of carbonyl (C=O) groups is 2. The van der Waals surface area contributed by atoms with Gasteiger partial charge in [-0.3, -0.25) is 0 Å². The third kappa shape index (κ3) is 16.0. The van der Waals surface area contributed by atoms with Crippen molar-refractivity contribution in [3.05, 3.63) is 55.4 Å². The van der Waals surface area contributed by atoms with Gasteiger partial charge in [-0.2, -0.15) is 0 Å². The molecule has 1 radical (unpaired) electrons. The standard InChI is InChI=1S/C19H28FN3O2.C6H13N.C3H4O2.CH3.V.2H2/c1-13(23-17-5-3-16(22)4-6-17)18-10-14(11-21)9-15(19(18)20)12-25-8-7-24-2;1-6(2)4-3-5-7-6;4-2-1-3-5;;;;/h3-6,14-15,23H,1,7-12,21-22H2,2H3;7H,3-5H2,1-2H3;2-3H,1H2;1H3;;2*1H/q;;;-1;;;. The van der Waals surface area contributed by atoms with Crippen LogP contribution in [0.2, 0.25) is 0 Å². The summed E-state index contributed by atoms with van der Waals surface area (Å²) in [5.74, 6) is -0.232. The summed E-state index contributed by atoms with van der Waals surface area (Å²) in [6, 6.07) is 7.26. The van der Waals surface area contributed by atoms with Crippen molar-refractivity contribution in [3.63, 3.8) is 0 Å². The molecule has 225 valence electrons. The second-order valence-corrected chi connectivity index (χ2v) is 9.84. The minimum atomic E-state index is -0.292. The van der Waals surface area contributed by atoms with E-state index in [1.54, 1.807) is 19.2 Å². The number of allylic oxidation sites excluding steroid dienone is 1. The molecule has 2 unspecified atom stereocenters. The van der Waals surface area contributed by atoms with Crippen LogP contribution in [0.3, 0.4) is 0 Å². The zero-order valence-electron chi connectivity index (χ0n) is 24.0. The minimum Gasteiger partial charge on any atom is -0.399 e. The summed E-state index contributed by atoms with van der Waals surface area (Å²) < 4.78 is 25.4. The van der Waals surface area contributed by atoms with Gasteiger partial charge in [0.2, 0.25) is 0 Å². The van der Waals surface area contributed by atoms with Crippen LogP contribution in [0, 0.1) is 19.3 Å². The van der Waals surface area contributed by atoms with Gasteiger partial charge in [0.15, 0.2) is 0 Å². The smallest absolute Gasteiger partial charge is 0.127 e. The molecule has 3 rings (SSSR count). The Hall–Kier alpha value is -2.01. The molecule has 10 heteroatoms. The number of aldehydes is 2. The van der Waals surface area contributed by atoms with Gasteiger partial charge in [-0.1, -0.05) is 6.58 Å². The molecule has 0 bridgehead atoms. The van der Waals surface area contributed by atoms with Gasteiger partial charge in [-0.25, -0.2) is 4.39 Å². The first-order valence-electron chi connectivity index (χ1n) is 12.8. The van der Waals surface area contributed by atoms with Crippen LogP contribution in [-0.2, 0) is 37.6 Å². The van der Waals surface area contributed by atoms with Gasteiger partial charge in [0, 0.05) is 62.6 Å². The van der Waals surface area contributed by atoms with E-state index in [1.807, 2.05) is 12.1 Å². The Balaban J connectivity index is -0.000000359.